The van der Waals surface area contributed by atoms with E-state index in [1.165, 1.54) is 38.5 Å². The Balaban J connectivity index is 2.25. The molecule has 2 heteroatoms. The minimum atomic E-state index is 0.311. The van der Waals surface area contributed by atoms with Crippen molar-refractivity contribution < 1.29 is 0 Å². The molecule has 0 amide bonds. The van der Waals surface area contributed by atoms with Gasteiger partial charge in [0.05, 0.1) is 0 Å². The lowest BCUT2D eigenvalue weighted by atomic mass is 9.83. The molecule has 90 valence electrons. The van der Waals surface area contributed by atoms with Crippen molar-refractivity contribution in [2.45, 2.75) is 70.9 Å². The lowest BCUT2D eigenvalue weighted by molar-refractivity contribution is 0.232. The zero-order valence-corrected chi connectivity index (χ0v) is 10.7. The van der Waals surface area contributed by atoms with Crippen LogP contribution in [0.4, 0.5) is 0 Å². The minimum absolute atomic E-state index is 0.311. The van der Waals surface area contributed by atoms with E-state index in [1.807, 2.05) is 0 Å². The second-order valence-corrected chi connectivity index (χ2v) is 5.68. The number of rotatable bonds is 5. The number of hydrogen-bond acceptors (Lipinski definition) is 2. The topological polar surface area (TPSA) is 38.0 Å². The largest absolute Gasteiger partial charge is 0.330 e. The van der Waals surface area contributed by atoms with Gasteiger partial charge in [0.25, 0.3) is 0 Å². The van der Waals surface area contributed by atoms with Crippen LogP contribution in [-0.2, 0) is 0 Å². The first kappa shape index (κ1) is 13.0. The van der Waals surface area contributed by atoms with Crippen molar-refractivity contribution in [2.24, 2.45) is 11.7 Å². The van der Waals surface area contributed by atoms with E-state index < -0.39 is 0 Å². The van der Waals surface area contributed by atoms with Crippen LogP contribution in [0.25, 0.3) is 0 Å². The van der Waals surface area contributed by atoms with Gasteiger partial charge in [0.1, 0.15) is 0 Å². The Bertz CT molecular complexity index is 169. The molecule has 0 spiro atoms. The zero-order valence-electron chi connectivity index (χ0n) is 10.7. The first-order valence-corrected chi connectivity index (χ1v) is 6.55. The van der Waals surface area contributed by atoms with Crippen molar-refractivity contribution in [3.63, 3.8) is 0 Å². The molecule has 0 aromatic heterocycles. The van der Waals surface area contributed by atoms with E-state index >= 15 is 0 Å². The molecular weight excluding hydrogens is 184 g/mol. The predicted octanol–water partition coefficient (Wildman–Crippen LogP) is 2.67. The second kappa shape index (κ2) is 5.86. The van der Waals surface area contributed by atoms with Gasteiger partial charge in [-0.15, -0.1) is 0 Å². The van der Waals surface area contributed by atoms with Crippen LogP contribution >= 0.6 is 0 Å². The van der Waals surface area contributed by atoms with Crippen molar-refractivity contribution in [1.29, 1.82) is 0 Å². The van der Waals surface area contributed by atoms with Crippen molar-refractivity contribution in [3.05, 3.63) is 0 Å². The highest BCUT2D eigenvalue weighted by Crippen LogP contribution is 2.27. The summed E-state index contributed by atoms with van der Waals surface area (Å²) in [6.07, 6.45) is 7.85. The maximum absolute atomic E-state index is 5.60. The van der Waals surface area contributed by atoms with Crippen LogP contribution in [0.1, 0.15) is 59.3 Å². The highest BCUT2D eigenvalue weighted by atomic mass is 15.0. The summed E-state index contributed by atoms with van der Waals surface area (Å²) in [6.45, 7) is 7.73. The Hall–Kier alpha value is -0.0800. The summed E-state index contributed by atoms with van der Waals surface area (Å²) in [5.41, 5.74) is 5.91. The van der Waals surface area contributed by atoms with E-state index in [0.29, 0.717) is 5.54 Å². The van der Waals surface area contributed by atoms with Crippen molar-refractivity contribution in [2.75, 3.05) is 6.54 Å². The lowest BCUT2D eigenvalue weighted by Gasteiger charge is -2.35. The molecule has 0 aromatic rings. The predicted molar refractivity (Wildman–Crippen MR) is 66.9 cm³/mol. The summed E-state index contributed by atoms with van der Waals surface area (Å²) in [5.74, 6) is 0.901. The summed E-state index contributed by atoms with van der Waals surface area (Å²) in [7, 11) is 0. The highest BCUT2D eigenvalue weighted by molar-refractivity contribution is 4.84. The van der Waals surface area contributed by atoms with E-state index in [9.17, 15) is 0 Å². The number of nitrogens with two attached hydrogens (primary N) is 1. The van der Waals surface area contributed by atoms with Crippen LogP contribution < -0.4 is 11.1 Å². The Kier molecular flexibility index (Phi) is 5.07. The molecule has 1 fully saturated rings. The molecule has 1 saturated carbocycles. The van der Waals surface area contributed by atoms with Crippen LogP contribution in [0.3, 0.4) is 0 Å². The monoisotopic (exact) mass is 212 g/mol. The van der Waals surface area contributed by atoms with E-state index in [2.05, 4.69) is 26.1 Å². The Morgan fingerprint density at radius 2 is 1.80 bits per heavy atom. The summed E-state index contributed by atoms with van der Waals surface area (Å²) >= 11 is 0. The van der Waals surface area contributed by atoms with Crippen molar-refractivity contribution in [3.8, 4) is 0 Å². The van der Waals surface area contributed by atoms with Crippen LogP contribution in [0.15, 0.2) is 0 Å². The second-order valence-electron chi connectivity index (χ2n) is 5.68. The van der Waals surface area contributed by atoms with Gasteiger partial charge in [-0.2, -0.15) is 0 Å². The number of hydrogen-bond donors (Lipinski definition) is 2. The van der Waals surface area contributed by atoms with Gasteiger partial charge in [-0.3, -0.25) is 0 Å². The molecule has 2 nitrogen and oxygen atoms in total. The summed E-state index contributed by atoms with van der Waals surface area (Å²) in [4.78, 5) is 0. The van der Waals surface area contributed by atoms with Crippen LogP contribution in [0.2, 0.25) is 0 Å². The molecule has 1 aliphatic rings. The maximum atomic E-state index is 5.60. The van der Waals surface area contributed by atoms with E-state index in [1.54, 1.807) is 0 Å². The third kappa shape index (κ3) is 4.52. The molecule has 0 atom stereocenters. The molecule has 0 aromatic carbocycles. The molecule has 0 unspecified atom stereocenters. The normalized spacial score (nSPS) is 28.0. The van der Waals surface area contributed by atoms with Gasteiger partial charge in [0.15, 0.2) is 0 Å². The molecule has 3 N–H and O–H groups in total. The fraction of sp³-hybridized carbons (Fsp3) is 1.00. The van der Waals surface area contributed by atoms with Gasteiger partial charge >= 0.3 is 0 Å². The fourth-order valence-electron chi connectivity index (χ4n) is 2.49. The Morgan fingerprint density at radius 3 is 2.27 bits per heavy atom. The van der Waals surface area contributed by atoms with E-state index in [0.717, 1.165) is 18.5 Å². The molecule has 0 aliphatic heterocycles. The third-order valence-electron chi connectivity index (χ3n) is 3.90. The lowest BCUT2D eigenvalue weighted by Crippen LogP contribution is -2.46. The molecule has 0 saturated heterocycles. The molecule has 1 aliphatic carbocycles. The van der Waals surface area contributed by atoms with Crippen LogP contribution in [-0.4, -0.2) is 18.1 Å². The smallest absolute Gasteiger partial charge is 0.0125 e. The van der Waals surface area contributed by atoms with Crippen LogP contribution in [0.5, 0.6) is 0 Å². The molecule has 15 heavy (non-hydrogen) atoms. The first-order chi connectivity index (χ1) is 7.07. The average Bonchev–Trinajstić information content (AvgIpc) is 2.21. The average molecular weight is 212 g/mol. The van der Waals surface area contributed by atoms with Gasteiger partial charge < -0.3 is 11.1 Å². The summed E-state index contributed by atoms with van der Waals surface area (Å²) < 4.78 is 0. The molecule has 1 rings (SSSR count). The molecule has 0 radical (unpaired) electrons. The summed E-state index contributed by atoms with van der Waals surface area (Å²) in [6, 6.07) is 0.744. The van der Waals surface area contributed by atoms with E-state index in [4.69, 9.17) is 5.73 Å². The molecule has 0 bridgehead atoms. The Labute approximate surface area is 95.0 Å². The van der Waals surface area contributed by atoms with Crippen molar-refractivity contribution in [1.82, 2.24) is 5.32 Å². The Morgan fingerprint density at radius 1 is 1.20 bits per heavy atom. The SMILES string of the molecule is CCC(C)(C)NC1CCC(CCN)CC1. The van der Waals surface area contributed by atoms with Gasteiger partial charge in [-0.05, 0) is 64.8 Å². The fourth-order valence-corrected chi connectivity index (χ4v) is 2.49. The van der Waals surface area contributed by atoms with Gasteiger partial charge in [-0.1, -0.05) is 6.92 Å². The van der Waals surface area contributed by atoms with Gasteiger partial charge in [0.2, 0.25) is 0 Å². The zero-order chi connectivity index (χ0) is 11.3. The molecule has 0 heterocycles. The van der Waals surface area contributed by atoms with Crippen LogP contribution in [0, 0.1) is 5.92 Å². The third-order valence-corrected chi connectivity index (χ3v) is 3.90. The van der Waals surface area contributed by atoms with Crippen molar-refractivity contribution >= 4 is 0 Å². The number of nitrogens with one attached hydrogen (secondary N) is 1. The van der Waals surface area contributed by atoms with Gasteiger partial charge in [0, 0.05) is 11.6 Å². The maximum Gasteiger partial charge on any atom is 0.0125 e. The highest BCUT2D eigenvalue weighted by Gasteiger charge is 2.24. The minimum Gasteiger partial charge on any atom is -0.330 e. The quantitative estimate of drug-likeness (QED) is 0.735. The molecular formula is C13H28N2. The van der Waals surface area contributed by atoms with Gasteiger partial charge in [-0.25, -0.2) is 0 Å². The first-order valence-electron chi connectivity index (χ1n) is 6.55. The standard InChI is InChI=1S/C13H28N2/c1-4-13(2,3)15-12-7-5-11(6-8-12)9-10-14/h11-12,15H,4-10,14H2,1-3H3. The summed E-state index contributed by atoms with van der Waals surface area (Å²) in [5, 5.41) is 3.78. The van der Waals surface area contributed by atoms with E-state index in [-0.39, 0.29) is 0 Å².